The first kappa shape index (κ1) is 11.2. The fourth-order valence-corrected chi connectivity index (χ4v) is 2.26. The van der Waals surface area contributed by atoms with Crippen LogP contribution in [0.15, 0.2) is 16.7 Å². The van der Waals surface area contributed by atoms with E-state index in [0.29, 0.717) is 11.8 Å². The van der Waals surface area contributed by atoms with E-state index in [1.807, 2.05) is 13.0 Å². The number of hydrogen-bond acceptors (Lipinski definition) is 2. The Morgan fingerprint density at radius 3 is 2.62 bits per heavy atom. The topological polar surface area (TPSA) is 42.2 Å². The van der Waals surface area contributed by atoms with Crippen molar-refractivity contribution in [2.24, 2.45) is 5.92 Å². The number of hydrogen-bond donors (Lipinski definition) is 1. The Hall–Kier alpha value is -1.25. The zero-order chi connectivity index (χ0) is 11.5. The molecule has 0 spiro atoms. The van der Waals surface area contributed by atoms with Gasteiger partial charge in [0.2, 0.25) is 0 Å². The van der Waals surface area contributed by atoms with Gasteiger partial charge in [-0.05, 0) is 44.6 Å². The number of carbonyl (C=O) groups excluding carboxylic acids is 1. The average Bonchev–Trinajstić information content (AvgIpc) is 2.68. The Morgan fingerprint density at radius 1 is 1.38 bits per heavy atom. The quantitative estimate of drug-likeness (QED) is 0.834. The second-order valence-corrected chi connectivity index (χ2v) is 4.86. The van der Waals surface area contributed by atoms with E-state index in [0.717, 1.165) is 24.3 Å². The minimum Gasteiger partial charge on any atom is -0.459 e. The van der Waals surface area contributed by atoms with Gasteiger partial charge in [-0.3, -0.25) is 4.79 Å². The minimum atomic E-state index is -0.0675. The molecule has 3 heteroatoms. The van der Waals surface area contributed by atoms with Crippen LogP contribution < -0.4 is 5.32 Å². The summed E-state index contributed by atoms with van der Waals surface area (Å²) in [4.78, 5) is 11.9. The summed E-state index contributed by atoms with van der Waals surface area (Å²) in [5.74, 6) is 1.19. The first-order valence-corrected chi connectivity index (χ1v) is 6.01. The van der Waals surface area contributed by atoms with Crippen molar-refractivity contribution in [3.63, 3.8) is 0 Å². The summed E-state index contributed by atoms with van der Waals surface area (Å²) in [6.07, 6.45) is 6.16. The summed E-state index contributed by atoms with van der Waals surface area (Å²) < 4.78 is 5.18. The van der Waals surface area contributed by atoms with Crippen molar-refractivity contribution in [2.75, 3.05) is 0 Å². The summed E-state index contributed by atoms with van der Waals surface area (Å²) in [5, 5.41) is 3.05. The van der Waals surface area contributed by atoms with Gasteiger partial charge in [0.1, 0.15) is 0 Å². The summed E-state index contributed by atoms with van der Waals surface area (Å²) in [6, 6.07) is 2.14. The summed E-state index contributed by atoms with van der Waals surface area (Å²) in [5.41, 5.74) is 0.904. The molecule has 88 valence electrons. The zero-order valence-corrected chi connectivity index (χ0v) is 9.95. The monoisotopic (exact) mass is 221 g/mol. The second kappa shape index (κ2) is 4.73. The normalized spacial score (nSPS) is 25.4. The summed E-state index contributed by atoms with van der Waals surface area (Å²) in [7, 11) is 0. The van der Waals surface area contributed by atoms with Gasteiger partial charge >= 0.3 is 0 Å². The molecule has 1 saturated carbocycles. The van der Waals surface area contributed by atoms with Gasteiger partial charge < -0.3 is 9.73 Å². The number of carbonyl (C=O) groups is 1. The maximum Gasteiger partial charge on any atom is 0.287 e. The van der Waals surface area contributed by atoms with Crippen LogP contribution in [-0.4, -0.2) is 11.9 Å². The van der Waals surface area contributed by atoms with Gasteiger partial charge in [0.25, 0.3) is 5.91 Å². The Balaban J connectivity index is 1.91. The molecular weight excluding hydrogens is 202 g/mol. The first-order valence-electron chi connectivity index (χ1n) is 6.01. The van der Waals surface area contributed by atoms with Crippen LogP contribution in [0.2, 0.25) is 0 Å². The summed E-state index contributed by atoms with van der Waals surface area (Å²) in [6.45, 7) is 4.16. The SMILES string of the molecule is Cc1ccoc1C(=O)NC1CCC(C)CC1. The van der Waals surface area contributed by atoms with Gasteiger partial charge in [0, 0.05) is 11.6 Å². The smallest absolute Gasteiger partial charge is 0.287 e. The van der Waals surface area contributed by atoms with Gasteiger partial charge in [-0.1, -0.05) is 6.92 Å². The van der Waals surface area contributed by atoms with Crippen molar-refractivity contribution in [1.82, 2.24) is 5.32 Å². The molecule has 2 rings (SSSR count). The Morgan fingerprint density at radius 2 is 2.06 bits per heavy atom. The lowest BCUT2D eigenvalue weighted by molar-refractivity contribution is 0.0894. The molecule has 0 bridgehead atoms. The highest BCUT2D eigenvalue weighted by Gasteiger charge is 2.21. The third-order valence-electron chi connectivity index (χ3n) is 3.42. The van der Waals surface area contributed by atoms with Crippen LogP contribution in [-0.2, 0) is 0 Å². The number of aryl methyl sites for hydroxylation is 1. The molecule has 16 heavy (non-hydrogen) atoms. The second-order valence-electron chi connectivity index (χ2n) is 4.86. The van der Waals surface area contributed by atoms with Crippen LogP contribution in [0.4, 0.5) is 0 Å². The molecule has 1 aliphatic rings. The standard InChI is InChI=1S/C13H19NO2/c1-9-3-5-11(6-4-9)14-13(15)12-10(2)7-8-16-12/h7-9,11H,3-6H2,1-2H3,(H,14,15). The van der Waals surface area contributed by atoms with E-state index in [1.54, 1.807) is 6.26 Å². The lowest BCUT2D eigenvalue weighted by Gasteiger charge is -2.26. The minimum absolute atomic E-state index is 0.0675. The molecule has 1 aliphatic carbocycles. The maximum atomic E-state index is 11.9. The molecule has 1 heterocycles. The van der Waals surface area contributed by atoms with E-state index < -0.39 is 0 Å². The van der Waals surface area contributed by atoms with Crippen LogP contribution in [0.3, 0.4) is 0 Å². The Labute approximate surface area is 96.2 Å². The maximum absolute atomic E-state index is 11.9. The molecule has 1 aromatic heterocycles. The highest BCUT2D eigenvalue weighted by molar-refractivity contribution is 5.92. The number of furan rings is 1. The highest BCUT2D eigenvalue weighted by Crippen LogP contribution is 2.23. The van der Waals surface area contributed by atoms with Crippen LogP contribution in [0.1, 0.15) is 48.7 Å². The van der Waals surface area contributed by atoms with Crippen molar-refractivity contribution in [1.29, 1.82) is 0 Å². The van der Waals surface area contributed by atoms with Gasteiger partial charge in [-0.2, -0.15) is 0 Å². The van der Waals surface area contributed by atoms with Crippen molar-refractivity contribution >= 4 is 5.91 Å². The highest BCUT2D eigenvalue weighted by atomic mass is 16.3. The van der Waals surface area contributed by atoms with Crippen LogP contribution in [0, 0.1) is 12.8 Å². The molecule has 0 atom stereocenters. The molecular formula is C13H19NO2. The predicted octanol–water partition coefficient (Wildman–Crippen LogP) is 2.90. The number of amides is 1. The lowest BCUT2D eigenvalue weighted by Crippen LogP contribution is -2.37. The molecule has 1 fully saturated rings. The Kier molecular flexibility index (Phi) is 3.32. The van der Waals surface area contributed by atoms with Gasteiger partial charge in [-0.25, -0.2) is 0 Å². The molecule has 3 nitrogen and oxygen atoms in total. The molecule has 1 N–H and O–H groups in total. The molecule has 0 aliphatic heterocycles. The fourth-order valence-electron chi connectivity index (χ4n) is 2.26. The van der Waals surface area contributed by atoms with Crippen molar-refractivity contribution in [3.8, 4) is 0 Å². The van der Waals surface area contributed by atoms with Crippen molar-refractivity contribution in [2.45, 2.75) is 45.6 Å². The summed E-state index contributed by atoms with van der Waals surface area (Å²) >= 11 is 0. The third-order valence-corrected chi connectivity index (χ3v) is 3.42. The lowest BCUT2D eigenvalue weighted by atomic mass is 9.87. The van der Waals surface area contributed by atoms with Crippen LogP contribution >= 0.6 is 0 Å². The molecule has 0 radical (unpaired) electrons. The Bertz CT molecular complexity index is 362. The fraction of sp³-hybridized carbons (Fsp3) is 0.615. The van der Waals surface area contributed by atoms with Crippen LogP contribution in [0.5, 0.6) is 0 Å². The largest absolute Gasteiger partial charge is 0.459 e. The average molecular weight is 221 g/mol. The molecule has 1 amide bonds. The molecule has 1 aromatic rings. The third kappa shape index (κ3) is 2.46. The van der Waals surface area contributed by atoms with Crippen LogP contribution in [0.25, 0.3) is 0 Å². The first-order chi connectivity index (χ1) is 7.66. The van der Waals surface area contributed by atoms with E-state index in [4.69, 9.17) is 4.42 Å². The van der Waals surface area contributed by atoms with Gasteiger partial charge in [-0.15, -0.1) is 0 Å². The van der Waals surface area contributed by atoms with Gasteiger partial charge in [0.05, 0.1) is 6.26 Å². The van der Waals surface area contributed by atoms with Crippen molar-refractivity contribution in [3.05, 3.63) is 23.7 Å². The van der Waals surface area contributed by atoms with E-state index in [-0.39, 0.29) is 5.91 Å². The number of nitrogens with one attached hydrogen (secondary N) is 1. The van der Waals surface area contributed by atoms with E-state index in [9.17, 15) is 4.79 Å². The van der Waals surface area contributed by atoms with Crippen molar-refractivity contribution < 1.29 is 9.21 Å². The molecule has 0 saturated heterocycles. The van der Waals surface area contributed by atoms with Gasteiger partial charge in [0.15, 0.2) is 5.76 Å². The number of rotatable bonds is 2. The predicted molar refractivity (Wildman–Crippen MR) is 62.3 cm³/mol. The molecule has 0 unspecified atom stereocenters. The van der Waals surface area contributed by atoms with E-state index >= 15 is 0 Å². The zero-order valence-electron chi connectivity index (χ0n) is 9.95. The van der Waals surface area contributed by atoms with E-state index in [1.165, 1.54) is 12.8 Å². The molecule has 0 aromatic carbocycles. The van der Waals surface area contributed by atoms with E-state index in [2.05, 4.69) is 12.2 Å².